The van der Waals surface area contributed by atoms with Gasteiger partial charge in [-0.3, -0.25) is 19.1 Å². The van der Waals surface area contributed by atoms with Gasteiger partial charge in [-0.2, -0.15) is 0 Å². The standard InChI is InChI=1S/C20H32N2O8/c1-10-8-22(19(26)21-16(10)24)17-15(28-9-11(2)27-7)14(13(29-17)12(3)23)30-18(25)20(4,5)6/h8,11-15,17,23H,9H2,1-7H3,(H,21,24,26)/t11-,12-,13+,14-,15?,17+/m0/s1. The number of nitrogens with zero attached hydrogens (tertiary/aromatic N) is 1. The lowest BCUT2D eigenvalue weighted by Gasteiger charge is -2.29. The third kappa shape index (κ3) is 5.37. The quantitative estimate of drug-likeness (QED) is 0.601. The van der Waals surface area contributed by atoms with Gasteiger partial charge in [0.2, 0.25) is 0 Å². The van der Waals surface area contributed by atoms with Gasteiger partial charge in [-0.25, -0.2) is 4.79 Å². The van der Waals surface area contributed by atoms with Crippen molar-refractivity contribution in [2.45, 2.75) is 78.3 Å². The lowest BCUT2D eigenvalue weighted by atomic mass is 9.96. The molecule has 2 N–H and O–H groups in total. The van der Waals surface area contributed by atoms with Crippen LogP contribution < -0.4 is 11.2 Å². The Hall–Kier alpha value is -2.01. The van der Waals surface area contributed by atoms with Crippen LogP contribution >= 0.6 is 0 Å². The highest BCUT2D eigenvalue weighted by atomic mass is 16.6. The fourth-order valence-corrected chi connectivity index (χ4v) is 2.98. The van der Waals surface area contributed by atoms with Crippen molar-refractivity contribution in [3.8, 4) is 0 Å². The number of aromatic amines is 1. The fraction of sp³-hybridized carbons (Fsp3) is 0.750. The number of rotatable bonds is 7. The van der Waals surface area contributed by atoms with E-state index in [1.165, 1.54) is 24.8 Å². The lowest BCUT2D eigenvalue weighted by Crippen LogP contribution is -2.45. The second-order valence-corrected chi connectivity index (χ2v) is 8.67. The number of nitrogens with one attached hydrogen (secondary N) is 1. The average Bonchev–Trinajstić information content (AvgIpc) is 3.00. The number of carbonyl (C=O) groups excluding carboxylic acids is 1. The summed E-state index contributed by atoms with van der Waals surface area (Å²) in [5, 5.41) is 10.3. The molecule has 1 saturated heterocycles. The molecule has 1 fully saturated rings. The molecule has 170 valence electrons. The summed E-state index contributed by atoms with van der Waals surface area (Å²) in [7, 11) is 1.53. The van der Waals surface area contributed by atoms with E-state index in [2.05, 4.69) is 4.98 Å². The molecule has 10 nitrogen and oxygen atoms in total. The molecule has 0 saturated carbocycles. The smallest absolute Gasteiger partial charge is 0.330 e. The zero-order valence-corrected chi connectivity index (χ0v) is 18.5. The number of aromatic nitrogens is 2. The maximum atomic E-state index is 12.6. The number of esters is 1. The predicted molar refractivity (Wildman–Crippen MR) is 107 cm³/mol. The van der Waals surface area contributed by atoms with Crippen LogP contribution in [-0.2, 0) is 23.7 Å². The Labute approximate surface area is 175 Å². The zero-order chi connectivity index (χ0) is 22.8. The van der Waals surface area contributed by atoms with Gasteiger partial charge in [0, 0.05) is 18.9 Å². The van der Waals surface area contributed by atoms with Crippen LogP contribution in [0.2, 0.25) is 0 Å². The minimum Gasteiger partial charge on any atom is -0.456 e. The number of hydrogen-bond acceptors (Lipinski definition) is 8. The Morgan fingerprint density at radius 2 is 1.93 bits per heavy atom. The van der Waals surface area contributed by atoms with Gasteiger partial charge in [-0.15, -0.1) is 0 Å². The van der Waals surface area contributed by atoms with E-state index < -0.39 is 53.3 Å². The van der Waals surface area contributed by atoms with Crippen LogP contribution in [0.3, 0.4) is 0 Å². The van der Waals surface area contributed by atoms with E-state index in [0.717, 1.165) is 0 Å². The van der Waals surface area contributed by atoms with Gasteiger partial charge in [0.05, 0.1) is 24.2 Å². The van der Waals surface area contributed by atoms with Gasteiger partial charge in [0.25, 0.3) is 5.56 Å². The van der Waals surface area contributed by atoms with Crippen molar-refractivity contribution in [1.82, 2.24) is 9.55 Å². The van der Waals surface area contributed by atoms with Crippen LogP contribution in [0.5, 0.6) is 0 Å². The molecule has 30 heavy (non-hydrogen) atoms. The monoisotopic (exact) mass is 428 g/mol. The number of aliphatic hydroxyl groups is 1. The van der Waals surface area contributed by atoms with E-state index in [4.69, 9.17) is 18.9 Å². The molecule has 1 aromatic heterocycles. The average molecular weight is 428 g/mol. The minimum absolute atomic E-state index is 0.133. The van der Waals surface area contributed by atoms with E-state index in [0.29, 0.717) is 5.56 Å². The summed E-state index contributed by atoms with van der Waals surface area (Å²) in [6.45, 7) is 10.1. The van der Waals surface area contributed by atoms with Crippen LogP contribution in [0.1, 0.15) is 46.4 Å². The van der Waals surface area contributed by atoms with E-state index in [1.54, 1.807) is 34.6 Å². The van der Waals surface area contributed by atoms with Crippen molar-refractivity contribution in [1.29, 1.82) is 0 Å². The molecular weight excluding hydrogens is 396 g/mol. The highest BCUT2D eigenvalue weighted by molar-refractivity contribution is 5.75. The van der Waals surface area contributed by atoms with E-state index in [9.17, 15) is 19.5 Å². The van der Waals surface area contributed by atoms with E-state index in [1.807, 2.05) is 0 Å². The van der Waals surface area contributed by atoms with Gasteiger partial charge in [-0.05, 0) is 41.5 Å². The largest absolute Gasteiger partial charge is 0.456 e. The van der Waals surface area contributed by atoms with Crippen LogP contribution in [0.15, 0.2) is 15.8 Å². The van der Waals surface area contributed by atoms with Gasteiger partial charge < -0.3 is 24.1 Å². The molecule has 1 aromatic rings. The third-order valence-electron chi connectivity index (χ3n) is 4.90. The molecule has 2 heterocycles. The summed E-state index contributed by atoms with van der Waals surface area (Å²) >= 11 is 0. The van der Waals surface area contributed by atoms with Gasteiger partial charge in [0.1, 0.15) is 12.2 Å². The first kappa shape index (κ1) is 24.3. The topological polar surface area (TPSA) is 129 Å². The summed E-state index contributed by atoms with van der Waals surface area (Å²) in [5.74, 6) is -0.499. The molecule has 1 aliphatic heterocycles. The Morgan fingerprint density at radius 1 is 1.30 bits per heavy atom. The number of H-pyrrole nitrogens is 1. The van der Waals surface area contributed by atoms with Crippen LogP contribution in [0.25, 0.3) is 0 Å². The first-order valence-electron chi connectivity index (χ1n) is 9.88. The number of hydrogen-bond donors (Lipinski definition) is 2. The van der Waals surface area contributed by atoms with Crippen molar-refractivity contribution in [2.24, 2.45) is 5.41 Å². The maximum absolute atomic E-state index is 12.6. The molecule has 0 bridgehead atoms. The third-order valence-corrected chi connectivity index (χ3v) is 4.90. The van der Waals surface area contributed by atoms with Crippen molar-refractivity contribution in [3.63, 3.8) is 0 Å². The summed E-state index contributed by atoms with van der Waals surface area (Å²) < 4.78 is 24.0. The molecule has 1 aliphatic rings. The first-order chi connectivity index (χ1) is 13.9. The maximum Gasteiger partial charge on any atom is 0.330 e. The highest BCUT2D eigenvalue weighted by Crippen LogP contribution is 2.36. The Morgan fingerprint density at radius 3 is 2.47 bits per heavy atom. The highest BCUT2D eigenvalue weighted by Gasteiger charge is 2.51. The fourth-order valence-electron chi connectivity index (χ4n) is 2.98. The SMILES string of the molecule is CO[C@@H](C)COC1[C@@H](OC(=O)C(C)(C)C)[C@@H]([C@H](C)O)O[C@H]1n1cc(C)c(=O)[nH]c1=O. The molecule has 0 amide bonds. The van der Waals surface area contributed by atoms with Crippen LogP contribution in [-0.4, -0.2) is 64.9 Å². The van der Waals surface area contributed by atoms with Gasteiger partial charge in [-0.1, -0.05) is 0 Å². The zero-order valence-electron chi connectivity index (χ0n) is 18.5. The van der Waals surface area contributed by atoms with Gasteiger partial charge >= 0.3 is 11.7 Å². The summed E-state index contributed by atoms with van der Waals surface area (Å²) in [5.41, 5.74) is -1.71. The molecule has 0 spiro atoms. The number of aliphatic hydroxyl groups excluding tert-OH is 1. The molecule has 0 aromatic carbocycles. The molecular formula is C20H32N2O8. The van der Waals surface area contributed by atoms with Crippen LogP contribution in [0.4, 0.5) is 0 Å². The number of ether oxygens (including phenoxy) is 4. The molecule has 1 unspecified atom stereocenters. The van der Waals surface area contributed by atoms with E-state index in [-0.39, 0.29) is 12.7 Å². The summed E-state index contributed by atoms with van der Waals surface area (Å²) in [6, 6.07) is 0. The molecule has 0 radical (unpaired) electrons. The van der Waals surface area contributed by atoms with Crippen molar-refractivity contribution >= 4 is 5.97 Å². The molecule has 0 aliphatic carbocycles. The first-order valence-corrected chi connectivity index (χ1v) is 9.88. The summed E-state index contributed by atoms with van der Waals surface area (Å²) in [6.07, 6.45) is -3.81. The molecule has 10 heteroatoms. The van der Waals surface area contributed by atoms with Crippen molar-refractivity contribution < 1.29 is 28.8 Å². The molecule has 6 atom stereocenters. The van der Waals surface area contributed by atoms with Gasteiger partial charge in [0.15, 0.2) is 12.3 Å². The molecule has 2 rings (SSSR count). The Balaban J connectivity index is 2.49. The second-order valence-electron chi connectivity index (χ2n) is 8.67. The van der Waals surface area contributed by atoms with E-state index >= 15 is 0 Å². The predicted octanol–water partition coefficient (Wildman–Crippen LogP) is 0.501. The number of carbonyl (C=O) groups is 1. The Bertz CT molecular complexity index is 854. The number of aryl methyl sites for hydroxylation is 1. The lowest BCUT2D eigenvalue weighted by molar-refractivity contribution is -0.170. The number of methoxy groups -OCH3 is 1. The Kier molecular flexibility index (Phi) is 7.62. The minimum atomic E-state index is -1.03. The normalized spacial score (nSPS) is 26.4. The second kappa shape index (κ2) is 9.42. The van der Waals surface area contributed by atoms with Crippen LogP contribution in [0, 0.1) is 12.3 Å². The van der Waals surface area contributed by atoms with Crippen molar-refractivity contribution in [3.05, 3.63) is 32.6 Å². The summed E-state index contributed by atoms with van der Waals surface area (Å²) in [4.78, 5) is 39.0. The van der Waals surface area contributed by atoms with Crippen molar-refractivity contribution in [2.75, 3.05) is 13.7 Å².